The lowest BCUT2D eigenvalue weighted by atomic mass is 10.3. The molecule has 1 aromatic heterocycles. The van der Waals surface area contributed by atoms with Crippen molar-refractivity contribution >= 4 is 43.4 Å². The van der Waals surface area contributed by atoms with Crippen LogP contribution in [0.1, 0.15) is 0 Å². The lowest BCUT2D eigenvalue weighted by Gasteiger charge is -2.08. The molecule has 0 spiro atoms. The van der Waals surface area contributed by atoms with Crippen LogP contribution in [-0.4, -0.2) is 20.4 Å². The molecule has 3 N–H and O–H groups in total. The van der Waals surface area contributed by atoms with Crippen molar-refractivity contribution in [1.29, 1.82) is 0 Å². The van der Waals surface area contributed by atoms with Gasteiger partial charge in [-0.05, 0) is 53.3 Å². The lowest BCUT2D eigenvalue weighted by Crippen LogP contribution is -2.18. The zero-order valence-corrected chi connectivity index (χ0v) is 13.7. The number of nitrogens with zero attached hydrogens (tertiary/aromatic N) is 1. The summed E-state index contributed by atoms with van der Waals surface area (Å²) in [6, 6.07) is 8.27. The minimum Gasteiger partial charge on any atom is -0.398 e. The van der Waals surface area contributed by atoms with Crippen molar-refractivity contribution < 1.29 is 8.42 Å². The molecule has 2 aromatic rings. The van der Waals surface area contributed by atoms with Gasteiger partial charge in [-0.1, -0.05) is 11.8 Å². The van der Waals surface area contributed by atoms with E-state index >= 15 is 0 Å². The van der Waals surface area contributed by atoms with Crippen LogP contribution in [0.5, 0.6) is 0 Å². The summed E-state index contributed by atoms with van der Waals surface area (Å²) in [5.74, 6) is 0. The van der Waals surface area contributed by atoms with Gasteiger partial charge in [-0.2, -0.15) is 0 Å². The number of nitrogen functional groups attached to an aromatic ring is 1. The third-order valence-corrected chi connectivity index (χ3v) is 5.38. The van der Waals surface area contributed by atoms with E-state index in [1.54, 1.807) is 12.3 Å². The Morgan fingerprint density at radius 2 is 2.05 bits per heavy atom. The molecule has 1 heterocycles. The van der Waals surface area contributed by atoms with Gasteiger partial charge < -0.3 is 5.73 Å². The van der Waals surface area contributed by atoms with Gasteiger partial charge in [-0.25, -0.2) is 18.1 Å². The molecule has 0 aliphatic rings. The first-order chi connectivity index (χ1) is 9.42. The van der Waals surface area contributed by atoms with Crippen molar-refractivity contribution in [2.24, 2.45) is 0 Å². The fourth-order valence-corrected chi connectivity index (χ4v) is 3.33. The van der Waals surface area contributed by atoms with E-state index in [1.165, 1.54) is 30.9 Å². The average Bonchev–Trinajstić information content (AvgIpc) is 2.43. The van der Waals surface area contributed by atoms with Crippen molar-refractivity contribution in [2.45, 2.75) is 14.8 Å². The number of rotatable bonds is 4. The lowest BCUT2D eigenvalue weighted by molar-refractivity contribution is 0.588. The van der Waals surface area contributed by atoms with Crippen LogP contribution in [0.4, 0.5) is 5.69 Å². The van der Waals surface area contributed by atoms with Crippen LogP contribution in [0.25, 0.3) is 0 Å². The van der Waals surface area contributed by atoms with Gasteiger partial charge in [-0.3, -0.25) is 0 Å². The van der Waals surface area contributed by atoms with Crippen LogP contribution >= 0.6 is 27.7 Å². The summed E-state index contributed by atoms with van der Waals surface area (Å²) in [6.07, 6.45) is 1.67. The number of benzene rings is 1. The molecule has 106 valence electrons. The monoisotopic (exact) mass is 373 g/mol. The Bertz CT molecular complexity index is 718. The van der Waals surface area contributed by atoms with Gasteiger partial charge in [0.1, 0.15) is 5.03 Å². The molecule has 0 unspecified atom stereocenters. The molecule has 0 saturated heterocycles. The van der Waals surface area contributed by atoms with Gasteiger partial charge in [0, 0.05) is 21.3 Å². The molecule has 0 fully saturated rings. The molecule has 0 aliphatic heterocycles. The van der Waals surface area contributed by atoms with Crippen LogP contribution in [0.15, 0.2) is 55.8 Å². The Kier molecular flexibility index (Phi) is 4.69. The zero-order chi connectivity index (χ0) is 14.8. The number of pyridine rings is 1. The first-order valence-corrected chi connectivity index (χ1v) is 8.64. The smallest absolute Gasteiger partial charge is 0.240 e. The van der Waals surface area contributed by atoms with E-state index in [0.717, 1.165) is 9.50 Å². The number of anilines is 1. The summed E-state index contributed by atoms with van der Waals surface area (Å²) >= 11 is 4.62. The Morgan fingerprint density at radius 1 is 1.30 bits per heavy atom. The second kappa shape index (κ2) is 6.13. The van der Waals surface area contributed by atoms with E-state index in [2.05, 4.69) is 25.6 Å². The quantitative estimate of drug-likeness (QED) is 0.804. The second-order valence-corrected chi connectivity index (χ2v) is 7.69. The summed E-state index contributed by atoms with van der Waals surface area (Å²) in [4.78, 5) is 5.05. The molecule has 0 saturated carbocycles. The molecule has 0 aliphatic carbocycles. The summed E-state index contributed by atoms with van der Waals surface area (Å²) < 4.78 is 26.7. The fraction of sp³-hybridized carbons (Fsp3) is 0.0833. The maximum absolute atomic E-state index is 11.8. The number of sulfonamides is 1. The summed E-state index contributed by atoms with van der Waals surface area (Å²) in [7, 11) is -2.11. The summed E-state index contributed by atoms with van der Waals surface area (Å²) in [6.45, 7) is 0. The van der Waals surface area contributed by atoms with Crippen LogP contribution in [-0.2, 0) is 10.0 Å². The van der Waals surface area contributed by atoms with Crippen LogP contribution in [0.3, 0.4) is 0 Å². The number of halogens is 1. The van der Waals surface area contributed by atoms with Gasteiger partial charge in [0.25, 0.3) is 0 Å². The fourth-order valence-electron chi connectivity index (χ4n) is 1.42. The number of hydrogen-bond acceptors (Lipinski definition) is 5. The van der Waals surface area contributed by atoms with E-state index < -0.39 is 10.0 Å². The number of nitrogens with two attached hydrogens (primary N) is 1. The first-order valence-electron chi connectivity index (χ1n) is 5.55. The van der Waals surface area contributed by atoms with Gasteiger partial charge in [0.2, 0.25) is 10.0 Å². The molecule has 0 radical (unpaired) electrons. The average molecular weight is 374 g/mol. The summed E-state index contributed by atoms with van der Waals surface area (Å²) in [5.41, 5.74) is 6.39. The highest BCUT2D eigenvalue weighted by Gasteiger charge is 2.14. The number of aromatic nitrogens is 1. The molecular weight excluding hydrogens is 362 g/mol. The van der Waals surface area contributed by atoms with Gasteiger partial charge >= 0.3 is 0 Å². The van der Waals surface area contributed by atoms with Crippen molar-refractivity contribution in [2.75, 3.05) is 12.8 Å². The standard InChI is InChI=1S/C12H12BrN3O2S2/c1-15-20(17,18)9-3-4-10(14)11(6-9)19-12-5-2-8(13)7-16-12/h2-7,15H,14H2,1H3. The molecule has 0 atom stereocenters. The topological polar surface area (TPSA) is 85.1 Å². The van der Waals surface area contributed by atoms with Gasteiger partial charge in [0.15, 0.2) is 0 Å². The molecule has 0 bridgehead atoms. The predicted octanol–water partition coefficient (Wildman–Crippen LogP) is 2.49. The molecule has 0 amide bonds. The van der Waals surface area contributed by atoms with E-state index in [-0.39, 0.29) is 4.90 Å². The molecule has 5 nitrogen and oxygen atoms in total. The highest BCUT2D eigenvalue weighted by atomic mass is 79.9. The predicted molar refractivity (Wildman–Crippen MR) is 83.2 cm³/mol. The van der Waals surface area contributed by atoms with E-state index in [0.29, 0.717) is 10.6 Å². The molecule has 2 rings (SSSR count). The highest BCUT2D eigenvalue weighted by molar-refractivity contribution is 9.10. The van der Waals surface area contributed by atoms with Crippen LogP contribution in [0, 0.1) is 0 Å². The van der Waals surface area contributed by atoms with Gasteiger partial charge in [0.05, 0.1) is 4.90 Å². The first kappa shape index (κ1) is 15.3. The van der Waals surface area contributed by atoms with E-state index in [4.69, 9.17) is 5.73 Å². The Labute approximate surface area is 130 Å². The number of nitrogens with one attached hydrogen (secondary N) is 1. The largest absolute Gasteiger partial charge is 0.398 e. The Balaban J connectivity index is 2.36. The SMILES string of the molecule is CNS(=O)(=O)c1ccc(N)c(Sc2ccc(Br)cn2)c1. The highest BCUT2D eigenvalue weighted by Crippen LogP contribution is 2.32. The third-order valence-electron chi connectivity index (χ3n) is 2.48. The van der Waals surface area contributed by atoms with Crippen LogP contribution in [0.2, 0.25) is 0 Å². The normalized spacial score (nSPS) is 11.5. The second-order valence-electron chi connectivity index (χ2n) is 3.82. The van der Waals surface area contributed by atoms with Crippen molar-refractivity contribution in [3.8, 4) is 0 Å². The van der Waals surface area contributed by atoms with E-state index in [9.17, 15) is 8.42 Å². The number of hydrogen-bond donors (Lipinski definition) is 2. The summed E-state index contributed by atoms with van der Waals surface area (Å²) in [5, 5.41) is 0.735. The Hall–Kier alpha value is -1.09. The molecular formula is C12H12BrN3O2S2. The Morgan fingerprint density at radius 3 is 2.65 bits per heavy atom. The van der Waals surface area contributed by atoms with Gasteiger partial charge in [-0.15, -0.1) is 0 Å². The minimum absolute atomic E-state index is 0.175. The molecule has 20 heavy (non-hydrogen) atoms. The molecule has 1 aromatic carbocycles. The van der Waals surface area contributed by atoms with Crippen molar-refractivity contribution in [3.63, 3.8) is 0 Å². The zero-order valence-electron chi connectivity index (χ0n) is 10.5. The van der Waals surface area contributed by atoms with Crippen molar-refractivity contribution in [1.82, 2.24) is 9.71 Å². The maximum Gasteiger partial charge on any atom is 0.240 e. The van der Waals surface area contributed by atoms with Crippen molar-refractivity contribution in [3.05, 3.63) is 41.0 Å². The molecule has 8 heteroatoms. The third kappa shape index (κ3) is 3.51. The van der Waals surface area contributed by atoms with Crippen LogP contribution < -0.4 is 10.5 Å². The maximum atomic E-state index is 11.8. The minimum atomic E-state index is -3.48. The van der Waals surface area contributed by atoms with E-state index in [1.807, 2.05) is 12.1 Å².